The fourth-order valence-corrected chi connectivity index (χ4v) is 4.77. The van der Waals surface area contributed by atoms with Gasteiger partial charge in [0.2, 0.25) is 5.91 Å². The number of pyridine rings is 2. The smallest absolute Gasteiger partial charge is 0.228 e. The lowest BCUT2D eigenvalue weighted by atomic mass is 10.1. The molecule has 9 nitrogen and oxygen atoms in total. The number of nitrogens with one attached hydrogen (secondary N) is 3. The second-order valence-electron chi connectivity index (χ2n) is 9.25. The molecule has 40 heavy (non-hydrogen) atoms. The van der Waals surface area contributed by atoms with E-state index in [0.29, 0.717) is 33.8 Å². The van der Waals surface area contributed by atoms with Crippen molar-refractivity contribution < 1.29 is 13.6 Å². The van der Waals surface area contributed by atoms with E-state index < -0.39 is 5.82 Å². The Labute approximate surface area is 226 Å². The van der Waals surface area contributed by atoms with Crippen molar-refractivity contribution in [1.29, 1.82) is 0 Å². The highest BCUT2D eigenvalue weighted by Crippen LogP contribution is 2.34. The number of para-hydroxylation sites is 1. The van der Waals surface area contributed by atoms with Crippen LogP contribution >= 0.6 is 0 Å². The monoisotopic (exact) mass is 529 g/mol. The fraction of sp³-hybridized carbons (Fsp3) is 0.0333. The standard InChI is InChI=1S/C30H20FN7O2/c31-26-25-23(37-38-29(25)30-35-22-8-4-7-21(28(22)36-30)18-9-10-40-16-18)15-33-27(26)19-12-20(14-32-13-19)34-24(39)11-17-5-2-1-3-6-17/h1-10,12-16H,11H2,(H,34,39)(H,35,36)(H,37,38). The Balaban J connectivity index is 1.24. The normalized spacial score (nSPS) is 11.3. The maximum atomic E-state index is 16.1. The van der Waals surface area contributed by atoms with Gasteiger partial charge in [-0.3, -0.25) is 19.9 Å². The number of fused-ring (bicyclic) bond motifs is 2. The lowest BCUT2D eigenvalue weighted by Gasteiger charge is -2.08. The SMILES string of the molecule is O=C(Cc1ccccc1)Nc1cncc(-c2ncc3[nH]nc(-c4nc5c(-c6ccoc6)cccc5[nH]4)c3c2F)c1. The molecule has 2 aromatic carbocycles. The van der Waals surface area contributed by atoms with E-state index in [1.807, 2.05) is 54.6 Å². The lowest BCUT2D eigenvalue weighted by Crippen LogP contribution is -2.14. The Morgan fingerprint density at radius 3 is 2.70 bits per heavy atom. The summed E-state index contributed by atoms with van der Waals surface area (Å²) in [7, 11) is 0. The number of aromatic nitrogens is 6. The van der Waals surface area contributed by atoms with Gasteiger partial charge in [0, 0.05) is 22.9 Å². The van der Waals surface area contributed by atoms with Crippen molar-refractivity contribution in [2.75, 3.05) is 5.32 Å². The molecule has 7 aromatic rings. The van der Waals surface area contributed by atoms with Crippen LogP contribution in [0.3, 0.4) is 0 Å². The number of rotatable bonds is 6. The Bertz CT molecular complexity index is 2000. The van der Waals surface area contributed by atoms with Crippen LogP contribution in [-0.2, 0) is 11.2 Å². The highest BCUT2D eigenvalue weighted by molar-refractivity contribution is 5.98. The number of anilines is 1. The van der Waals surface area contributed by atoms with Crippen LogP contribution in [0.4, 0.5) is 10.1 Å². The van der Waals surface area contributed by atoms with Gasteiger partial charge in [-0.15, -0.1) is 0 Å². The molecular weight excluding hydrogens is 509 g/mol. The fourth-order valence-electron chi connectivity index (χ4n) is 4.77. The number of hydrogen-bond donors (Lipinski definition) is 3. The Kier molecular flexibility index (Phi) is 5.63. The number of benzene rings is 2. The molecule has 0 atom stereocenters. The zero-order valence-corrected chi connectivity index (χ0v) is 20.9. The van der Waals surface area contributed by atoms with Crippen molar-refractivity contribution in [2.45, 2.75) is 6.42 Å². The number of carbonyl (C=O) groups is 1. The summed E-state index contributed by atoms with van der Waals surface area (Å²) in [5.74, 6) is -0.370. The minimum absolute atomic E-state index is 0.0806. The topological polar surface area (TPSA) is 125 Å². The summed E-state index contributed by atoms with van der Waals surface area (Å²) in [6, 6.07) is 18.7. The molecular formula is C30H20FN7O2. The van der Waals surface area contributed by atoms with Crippen molar-refractivity contribution in [3.05, 3.63) is 103 Å². The zero-order chi connectivity index (χ0) is 27.1. The van der Waals surface area contributed by atoms with Crippen molar-refractivity contribution in [2.24, 2.45) is 0 Å². The van der Waals surface area contributed by atoms with E-state index in [-0.39, 0.29) is 23.4 Å². The van der Waals surface area contributed by atoms with E-state index in [0.717, 1.165) is 22.2 Å². The predicted octanol–water partition coefficient (Wildman–Crippen LogP) is 6.14. The number of halogens is 1. The maximum Gasteiger partial charge on any atom is 0.228 e. The van der Waals surface area contributed by atoms with Crippen LogP contribution in [0.25, 0.3) is 55.8 Å². The molecule has 0 saturated carbocycles. The van der Waals surface area contributed by atoms with Crippen LogP contribution in [0.5, 0.6) is 0 Å². The average Bonchev–Trinajstić information content (AvgIpc) is 3.73. The van der Waals surface area contributed by atoms with Crippen LogP contribution < -0.4 is 5.32 Å². The van der Waals surface area contributed by atoms with Gasteiger partial charge in [0.1, 0.15) is 11.4 Å². The van der Waals surface area contributed by atoms with Crippen LogP contribution in [0.2, 0.25) is 0 Å². The highest BCUT2D eigenvalue weighted by Gasteiger charge is 2.21. The van der Waals surface area contributed by atoms with Crippen LogP contribution in [0.15, 0.2) is 96.2 Å². The Morgan fingerprint density at radius 2 is 1.85 bits per heavy atom. The van der Waals surface area contributed by atoms with Gasteiger partial charge >= 0.3 is 0 Å². The first kappa shape index (κ1) is 23.5. The molecule has 7 rings (SSSR count). The first-order chi connectivity index (χ1) is 19.6. The number of nitrogens with zero attached hydrogens (tertiary/aromatic N) is 4. The predicted molar refractivity (Wildman–Crippen MR) is 149 cm³/mol. The van der Waals surface area contributed by atoms with Gasteiger partial charge in [-0.25, -0.2) is 9.37 Å². The molecule has 0 radical (unpaired) electrons. The second kappa shape index (κ2) is 9.59. The number of amides is 1. The maximum absolute atomic E-state index is 16.1. The van der Waals surface area contributed by atoms with E-state index in [9.17, 15) is 4.79 Å². The lowest BCUT2D eigenvalue weighted by molar-refractivity contribution is -0.115. The van der Waals surface area contributed by atoms with Crippen LogP contribution in [0, 0.1) is 5.82 Å². The minimum Gasteiger partial charge on any atom is -0.472 e. The summed E-state index contributed by atoms with van der Waals surface area (Å²) >= 11 is 0. The third-order valence-electron chi connectivity index (χ3n) is 6.62. The number of hydrogen-bond acceptors (Lipinski definition) is 6. The molecule has 5 heterocycles. The van der Waals surface area contributed by atoms with Crippen molar-refractivity contribution in [3.63, 3.8) is 0 Å². The van der Waals surface area contributed by atoms with Crippen LogP contribution in [-0.4, -0.2) is 36.0 Å². The van der Waals surface area contributed by atoms with Crippen molar-refractivity contribution >= 4 is 33.5 Å². The molecule has 194 valence electrons. The molecule has 5 aromatic heterocycles. The molecule has 0 aliphatic carbocycles. The van der Waals surface area contributed by atoms with E-state index in [4.69, 9.17) is 9.40 Å². The molecule has 3 N–H and O–H groups in total. The molecule has 1 amide bonds. The number of imidazole rings is 1. The summed E-state index contributed by atoms with van der Waals surface area (Å²) in [4.78, 5) is 29.1. The number of furan rings is 1. The third kappa shape index (κ3) is 4.17. The van der Waals surface area contributed by atoms with Crippen molar-refractivity contribution in [1.82, 2.24) is 30.1 Å². The zero-order valence-electron chi connectivity index (χ0n) is 20.9. The molecule has 0 aliphatic heterocycles. The first-order valence-electron chi connectivity index (χ1n) is 12.5. The van der Waals surface area contributed by atoms with Crippen molar-refractivity contribution in [3.8, 4) is 33.9 Å². The quantitative estimate of drug-likeness (QED) is 0.238. The van der Waals surface area contributed by atoms with E-state index >= 15 is 4.39 Å². The van der Waals surface area contributed by atoms with Gasteiger partial charge in [-0.1, -0.05) is 42.5 Å². The highest BCUT2D eigenvalue weighted by atomic mass is 19.1. The largest absolute Gasteiger partial charge is 0.472 e. The minimum atomic E-state index is -0.577. The van der Waals surface area contributed by atoms with E-state index in [1.54, 1.807) is 18.6 Å². The van der Waals surface area contributed by atoms with Gasteiger partial charge in [-0.2, -0.15) is 5.10 Å². The summed E-state index contributed by atoms with van der Waals surface area (Å²) in [6.07, 6.45) is 8.00. The summed E-state index contributed by atoms with van der Waals surface area (Å²) in [5, 5.41) is 10.3. The molecule has 0 saturated heterocycles. The van der Waals surface area contributed by atoms with E-state index in [1.165, 1.54) is 18.6 Å². The molecule has 0 spiro atoms. The van der Waals surface area contributed by atoms with E-state index in [2.05, 4.69) is 30.5 Å². The third-order valence-corrected chi connectivity index (χ3v) is 6.62. The molecule has 10 heteroatoms. The average molecular weight is 530 g/mol. The number of H-pyrrole nitrogens is 2. The first-order valence-corrected chi connectivity index (χ1v) is 12.5. The summed E-state index contributed by atoms with van der Waals surface area (Å²) in [5.41, 5.74) is 5.83. The molecule has 0 bridgehead atoms. The molecule has 0 unspecified atom stereocenters. The molecule has 0 aliphatic rings. The second-order valence-corrected chi connectivity index (χ2v) is 9.25. The molecule has 0 fully saturated rings. The van der Waals surface area contributed by atoms with Gasteiger partial charge in [0.05, 0.1) is 59.0 Å². The summed E-state index contributed by atoms with van der Waals surface area (Å²) in [6.45, 7) is 0. The number of carbonyl (C=O) groups excluding carboxylic acids is 1. The van der Waals surface area contributed by atoms with Gasteiger partial charge < -0.3 is 14.7 Å². The van der Waals surface area contributed by atoms with Gasteiger partial charge in [0.25, 0.3) is 0 Å². The number of aromatic amines is 2. The van der Waals surface area contributed by atoms with Crippen LogP contribution in [0.1, 0.15) is 5.56 Å². The van der Waals surface area contributed by atoms with Gasteiger partial charge in [-0.05, 0) is 23.8 Å². The van der Waals surface area contributed by atoms with Gasteiger partial charge in [0.15, 0.2) is 11.6 Å². The Hall–Kier alpha value is -5.64. The Morgan fingerprint density at radius 1 is 0.950 bits per heavy atom. The summed E-state index contributed by atoms with van der Waals surface area (Å²) < 4.78 is 21.3.